The summed E-state index contributed by atoms with van der Waals surface area (Å²) in [5, 5.41) is 12.7. The number of nitrogens with zero attached hydrogens (tertiary/aromatic N) is 3. The molecule has 2 aromatic rings. The van der Waals surface area contributed by atoms with Crippen molar-refractivity contribution in [2.45, 2.75) is 45.6 Å². The van der Waals surface area contributed by atoms with Crippen molar-refractivity contribution in [3.05, 3.63) is 41.7 Å². The molecule has 0 saturated carbocycles. The van der Waals surface area contributed by atoms with E-state index in [2.05, 4.69) is 45.8 Å². The molecular formula is C19H29N5O3S. The summed E-state index contributed by atoms with van der Waals surface area (Å²) in [6.07, 6.45) is 2.30. The van der Waals surface area contributed by atoms with Crippen LogP contribution in [-0.4, -0.2) is 47.4 Å². The van der Waals surface area contributed by atoms with Crippen molar-refractivity contribution in [1.82, 2.24) is 15.0 Å². The predicted octanol–water partition coefficient (Wildman–Crippen LogP) is 2.41. The van der Waals surface area contributed by atoms with Crippen molar-refractivity contribution >= 4 is 21.9 Å². The molecule has 8 nitrogen and oxygen atoms in total. The first-order chi connectivity index (χ1) is 13.2. The van der Waals surface area contributed by atoms with Crippen LogP contribution in [0, 0.1) is 5.92 Å². The summed E-state index contributed by atoms with van der Waals surface area (Å²) in [5.74, 6) is 1.21. The summed E-state index contributed by atoms with van der Waals surface area (Å²) in [6, 6.07) is 9.74. The summed E-state index contributed by atoms with van der Waals surface area (Å²) < 4.78 is 25.6. The molecule has 0 aliphatic heterocycles. The third kappa shape index (κ3) is 7.40. The zero-order valence-electron chi connectivity index (χ0n) is 16.8. The maximum absolute atomic E-state index is 11.6. The van der Waals surface area contributed by atoms with Gasteiger partial charge in [-0.15, -0.1) is 0 Å². The van der Waals surface area contributed by atoms with Crippen LogP contribution in [0.25, 0.3) is 0 Å². The van der Waals surface area contributed by atoms with E-state index in [0.29, 0.717) is 18.2 Å². The standard InChI is InChI=1S/C19H29N5O3S/c1-13(2)10-16(12-25)20-18-21-17(22-19(23-18)24-28(4,26)27)11-14(3)15-8-6-5-7-9-15/h5-9,13-14,16,25H,10-12H2,1-4H3,(H2,20,21,22,23,24)/t14-,16-/m1/s1. The Kier molecular flexibility index (Phi) is 7.70. The third-order valence-electron chi connectivity index (χ3n) is 4.13. The van der Waals surface area contributed by atoms with Crippen LogP contribution in [0.5, 0.6) is 0 Å². The van der Waals surface area contributed by atoms with Crippen molar-refractivity contribution in [1.29, 1.82) is 0 Å². The van der Waals surface area contributed by atoms with Crippen LogP contribution in [0.15, 0.2) is 30.3 Å². The normalized spacial score (nSPS) is 13.9. The highest BCUT2D eigenvalue weighted by Crippen LogP contribution is 2.20. The molecule has 0 amide bonds. The second-order valence-electron chi connectivity index (χ2n) is 7.44. The molecule has 0 fully saturated rings. The molecular weight excluding hydrogens is 378 g/mol. The van der Waals surface area contributed by atoms with Crippen molar-refractivity contribution < 1.29 is 13.5 Å². The summed E-state index contributed by atoms with van der Waals surface area (Å²) in [7, 11) is -3.52. The average molecular weight is 408 g/mol. The smallest absolute Gasteiger partial charge is 0.241 e. The minimum absolute atomic E-state index is 0.0310. The highest BCUT2D eigenvalue weighted by molar-refractivity contribution is 7.91. The summed E-state index contributed by atoms with van der Waals surface area (Å²) in [5.41, 5.74) is 1.14. The van der Waals surface area contributed by atoms with E-state index in [4.69, 9.17) is 0 Å². The number of hydrogen-bond donors (Lipinski definition) is 3. The lowest BCUT2D eigenvalue weighted by Crippen LogP contribution is -2.27. The molecule has 154 valence electrons. The number of sulfonamides is 1. The first-order valence-corrected chi connectivity index (χ1v) is 11.2. The van der Waals surface area contributed by atoms with Crippen LogP contribution in [0.1, 0.15) is 44.5 Å². The molecule has 0 unspecified atom stereocenters. The third-order valence-corrected chi connectivity index (χ3v) is 4.68. The molecule has 0 radical (unpaired) electrons. The molecule has 3 N–H and O–H groups in total. The van der Waals surface area contributed by atoms with E-state index in [-0.39, 0.29) is 30.5 Å². The Labute approximate surface area is 166 Å². The van der Waals surface area contributed by atoms with Crippen molar-refractivity contribution in [3.63, 3.8) is 0 Å². The summed E-state index contributed by atoms with van der Waals surface area (Å²) >= 11 is 0. The minimum Gasteiger partial charge on any atom is -0.394 e. The van der Waals surface area contributed by atoms with Crippen LogP contribution in [0.4, 0.5) is 11.9 Å². The fourth-order valence-corrected chi connectivity index (χ4v) is 3.31. The predicted molar refractivity (Wildman–Crippen MR) is 111 cm³/mol. The monoisotopic (exact) mass is 407 g/mol. The minimum atomic E-state index is -3.52. The zero-order valence-corrected chi connectivity index (χ0v) is 17.6. The van der Waals surface area contributed by atoms with Gasteiger partial charge in [-0.05, 0) is 23.8 Å². The molecule has 2 atom stereocenters. The van der Waals surface area contributed by atoms with E-state index >= 15 is 0 Å². The highest BCUT2D eigenvalue weighted by Gasteiger charge is 2.16. The van der Waals surface area contributed by atoms with E-state index in [0.717, 1.165) is 18.2 Å². The molecule has 2 rings (SSSR count). The first-order valence-electron chi connectivity index (χ1n) is 9.31. The number of benzene rings is 1. The second-order valence-corrected chi connectivity index (χ2v) is 9.19. The Morgan fingerprint density at radius 1 is 1.04 bits per heavy atom. The van der Waals surface area contributed by atoms with E-state index in [1.54, 1.807) is 0 Å². The van der Waals surface area contributed by atoms with Gasteiger partial charge in [-0.3, -0.25) is 4.72 Å². The van der Waals surface area contributed by atoms with Gasteiger partial charge in [-0.1, -0.05) is 51.1 Å². The molecule has 1 aromatic carbocycles. The van der Waals surface area contributed by atoms with Gasteiger partial charge in [0.15, 0.2) is 0 Å². The van der Waals surface area contributed by atoms with Crippen LogP contribution >= 0.6 is 0 Å². The van der Waals surface area contributed by atoms with Crippen LogP contribution in [0.2, 0.25) is 0 Å². The number of aliphatic hydroxyl groups is 1. The molecule has 0 bridgehead atoms. The molecule has 1 heterocycles. The Balaban J connectivity index is 2.28. The fraction of sp³-hybridized carbons (Fsp3) is 0.526. The molecule has 28 heavy (non-hydrogen) atoms. The quantitative estimate of drug-likeness (QED) is 0.553. The van der Waals surface area contributed by atoms with Crippen LogP contribution in [-0.2, 0) is 16.4 Å². The van der Waals surface area contributed by atoms with E-state index < -0.39 is 10.0 Å². The Hall–Kier alpha value is -2.26. The molecule has 9 heteroatoms. The lowest BCUT2D eigenvalue weighted by molar-refractivity contribution is 0.259. The summed E-state index contributed by atoms with van der Waals surface area (Å²) in [6.45, 7) is 6.10. The van der Waals surface area contributed by atoms with Gasteiger partial charge >= 0.3 is 0 Å². The molecule has 0 spiro atoms. The van der Waals surface area contributed by atoms with Crippen molar-refractivity contribution in [2.75, 3.05) is 22.9 Å². The summed E-state index contributed by atoms with van der Waals surface area (Å²) in [4.78, 5) is 12.9. The second kappa shape index (κ2) is 9.79. The van der Waals surface area contributed by atoms with E-state index in [1.165, 1.54) is 0 Å². The van der Waals surface area contributed by atoms with Crippen LogP contribution < -0.4 is 10.0 Å². The number of nitrogens with one attached hydrogen (secondary N) is 2. The van der Waals surface area contributed by atoms with Crippen molar-refractivity contribution in [3.8, 4) is 0 Å². The van der Waals surface area contributed by atoms with Gasteiger partial charge in [0.1, 0.15) is 5.82 Å². The van der Waals surface area contributed by atoms with Gasteiger partial charge in [-0.2, -0.15) is 15.0 Å². The molecule has 0 aliphatic carbocycles. The fourth-order valence-electron chi connectivity index (χ4n) is 2.89. The highest BCUT2D eigenvalue weighted by atomic mass is 32.2. The van der Waals surface area contributed by atoms with E-state index in [9.17, 15) is 13.5 Å². The maximum atomic E-state index is 11.6. The lowest BCUT2D eigenvalue weighted by atomic mass is 9.98. The van der Waals surface area contributed by atoms with Gasteiger partial charge < -0.3 is 10.4 Å². The van der Waals surface area contributed by atoms with Crippen LogP contribution in [0.3, 0.4) is 0 Å². The average Bonchev–Trinajstić information content (AvgIpc) is 2.59. The number of rotatable bonds is 10. The van der Waals surface area contributed by atoms with Gasteiger partial charge in [0.05, 0.1) is 18.9 Å². The largest absolute Gasteiger partial charge is 0.394 e. The SMILES string of the molecule is CC(C)C[C@H](CO)Nc1nc(C[C@@H](C)c2ccccc2)nc(NS(C)(=O)=O)n1. The van der Waals surface area contributed by atoms with Gasteiger partial charge in [0.25, 0.3) is 0 Å². The maximum Gasteiger partial charge on any atom is 0.241 e. The topological polar surface area (TPSA) is 117 Å². The Bertz CT molecular complexity index is 859. The zero-order chi connectivity index (χ0) is 20.7. The molecule has 0 saturated heterocycles. The lowest BCUT2D eigenvalue weighted by Gasteiger charge is -2.19. The Morgan fingerprint density at radius 3 is 2.25 bits per heavy atom. The van der Waals surface area contributed by atoms with Gasteiger partial charge in [0, 0.05) is 6.42 Å². The Morgan fingerprint density at radius 2 is 1.68 bits per heavy atom. The van der Waals surface area contributed by atoms with Gasteiger partial charge in [0.2, 0.25) is 21.9 Å². The number of aromatic nitrogens is 3. The molecule has 1 aromatic heterocycles. The molecule has 0 aliphatic rings. The number of anilines is 2. The number of hydrogen-bond acceptors (Lipinski definition) is 7. The van der Waals surface area contributed by atoms with E-state index in [1.807, 2.05) is 30.3 Å². The first kappa shape index (κ1) is 22.0. The van der Waals surface area contributed by atoms with Crippen molar-refractivity contribution in [2.24, 2.45) is 5.92 Å². The number of aliphatic hydroxyl groups excluding tert-OH is 1. The van der Waals surface area contributed by atoms with Gasteiger partial charge in [-0.25, -0.2) is 8.42 Å².